The molecule has 3 rings (SSSR count). The molecule has 0 radical (unpaired) electrons. The Hall–Kier alpha value is -1.90. The van der Waals surface area contributed by atoms with Gasteiger partial charge in [-0.3, -0.25) is 19.7 Å². The summed E-state index contributed by atoms with van der Waals surface area (Å²) in [7, 11) is 0. The van der Waals surface area contributed by atoms with Crippen LogP contribution in [0.5, 0.6) is 0 Å². The van der Waals surface area contributed by atoms with E-state index in [0.29, 0.717) is 19.6 Å². The molecule has 3 heterocycles. The lowest BCUT2D eigenvalue weighted by atomic mass is 10.1. The van der Waals surface area contributed by atoms with Gasteiger partial charge in [0, 0.05) is 24.3 Å². The lowest BCUT2D eigenvalue weighted by Gasteiger charge is -2.29. The average Bonchev–Trinajstić information content (AvgIpc) is 3.03. The molecule has 1 unspecified atom stereocenters. The number of nitrogens with zero attached hydrogens (tertiary/aromatic N) is 4. The first kappa shape index (κ1) is 16.0. The smallest absolute Gasteiger partial charge is 0.234 e. The summed E-state index contributed by atoms with van der Waals surface area (Å²) in [6.07, 6.45) is 6.36. The molecule has 122 valence electrons. The van der Waals surface area contributed by atoms with Crippen molar-refractivity contribution >= 4 is 17.2 Å². The van der Waals surface area contributed by atoms with Crippen LogP contribution in [-0.2, 0) is 11.3 Å². The number of piperidine rings is 1. The molecule has 0 spiro atoms. The average molecular weight is 333 g/mol. The topological polar surface area (TPSA) is 91.2 Å². The summed E-state index contributed by atoms with van der Waals surface area (Å²) >= 11 is 1.48. The fraction of sp³-hybridized carbons (Fsp3) is 0.467. The number of likely N-dealkylation sites (tertiary alicyclic amines) is 1. The zero-order chi connectivity index (χ0) is 16.1. The number of hydrogen-bond donors (Lipinski definition) is 2. The second-order valence-electron chi connectivity index (χ2n) is 5.54. The number of carbonyl (C=O) groups is 1. The lowest BCUT2D eigenvalue weighted by molar-refractivity contribution is -0.123. The first-order chi connectivity index (χ1) is 11.2. The van der Waals surface area contributed by atoms with Gasteiger partial charge in [0.15, 0.2) is 0 Å². The molecule has 23 heavy (non-hydrogen) atoms. The number of carbonyl (C=O) groups excluding carboxylic acids is 1. The quantitative estimate of drug-likeness (QED) is 0.836. The van der Waals surface area contributed by atoms with Crippen LogP contribution in [0.1, 0.15) is 18.5 Å². The zero-order valence-electron chi connectivity index (χ0n) is 12.7. The van der Waals surface area contributed by atoms with Crippen molar-refractivity contribution < 1.29 is 9.90 Å². The van der Waals surface area contributed by atoms with Gasteiger partial charge in [0.05, 0.1) is 31.1 Å². The van der Waals surface area contributed by atoms with Gasteiger partial charge in [-0.2, -0.15) is 0 Å². The van der Waals surface area contributed by atoms with E-state index in [0.717, 1.165) is 35.8 Å². The van der Waals surface area contributed by atoms with Crippen LogP contribution in [0.2, 0.25) is 0 Å². The Kier molecular flexibility index (Phi) is 5.27. The van der Waals surface area contributed by atoms with E-state index in [1.54, 1.807) is 18.6 Å². The largest absolute Gasteiger partial charge is 0.392 e. The minimum Gasteiger partial charge on any atom is -0.392 e. The van der Waals surface area contributed by atoms with Crippen molar-refractivity contribution in [1.82, 2.24) is 25.2 Å². The van der Waals surface area contributed by atoms with Crippen LogP contribution >= 0.6 is 11.3 Å². The van der Waals surface area contributed by atoms with E-state index >= 15 is 0 Å². The van der Waals surface area contributed by atoms with Crippen molar-refractivity contribution in [3.05, 3.63) is 29.7 Å². The molecule has 0 bridgehead atoms. The summed E-state index contributed by atoms with van der Waals surface area (Å²) < 4.78 is 0. The molecule has 2 aromatic heterocycles. The van der Waals surface area contributed by atoms with Crippen LogP contribution in [0.25, 0.3) is 10.7 Å². The number of β-amino-alcohol motifs (C(OH)–C–C–N with tert-alkyl or cyclic N) is 1. The molecule has 1 atom stereocenters. The molecule has 0 aromatic carbocycles. The third-order valence-electron chi connectivity index (χ3n) is 3.65. The summed E-state index contributed by atoms with van der Waals surface area (Å²) in [5.74, 6) is -0.0480. The maximum absolute atomic E-state index is 12.0. The number of rotatable bonds is 5. The minimum atomic E-state index is -0.315. The molecule has 1 saturated heterocycles. The highest BCUT2D eigenvalue weighted by Crippen LogP contribution is 2.20. The maximum atomic E-state index is 12.0. The first-order valence-corrected chi connectivity index (χ1v) is 8.46. The van der Waals surface area contributed by atoms with Gasteiger partial charge in [-0.1, -0.05) is 0 Å². The van der Waals surface area contributed by atoms with E-state index < -0.39 is 0 Å². The molecule has 2 N–H and O–H groups in total. The van der Waals surface area contributed by atoms with Crippen LogP contribution in [0, 0.1) is 0 Å². The third kappa shape index (κ3) is 4.54. The molecule has 2 aromatic rings. The lowest BCUT2D eigenvalue weighted by Crippen LogP contribution is -2.44. The number of aliphatic hydroxyl groups is 1. The molecular formula is C15H19N5O2S. The van der Waals surface area contributed by atoms with Gasteiger partial charge in [-0.15, -0.1) is 11.3 Å². The Morgan fingerprint density at radius 3 is 3.17 bits per heavy atom. The Labute approximate surface area is 138 Å². The minimum absolute atomic E-state index is 0.0480. The second-order valence-corrected chi connectivity index (χ2v) is 6.40. The van der Waals surface area contributed by atoms with Crippen molar-refractivity contribution in [2.75, 3.05) is 19.6 Å². The highest BCUT2D eigenvalue weighted by Gasteiger charge is 2.19. The van der Waals surface area contributed by atoms with Crippen LogP contribution in [0.3, 0.4) is 0 Å². The first-order valence-electron chi connectivity index (χ1n) is 7.58. The number of amides is 1. The fourth-order valence-electron chi connectivity index (χ4n) is 2.54. The van der Waals surface area contributed by atoms with Gasteiger partial charge in [-0.05, 0) is 19.4 Å². The van der Waals surface area contributed by atoms with E-state index in [-0.39, 0.29) is 12.0 Å². The number of hydrogen-bond acceptors (Lipinski definition) is 7. The summed E-state index contributed by atoms with van der Waals surface area (Å²) in [5.41, 5.74) is 1.54. The predicted molar refractivity (Wildman–Crippen MR) is 86.7 cm³/mol. The number of nitrogens with one attached hydrogen (secondary N) is 1. The van der Waals surface area contributed by atoms with E-state index in [9.17, 15) is 9.90 Å². The summed E-state index contributed by atoms with van der Waals surface area (Å²) in [4.78, 5) is 26.7. The Morgan fingerprint density at radius 2 is 2.39 bits per heavy atom. The summed E-state index contributed by atoms with van der Waals surface area (Å²) in [5, 5.41) is 15.2. The van der Waals surface area contributed by atoms with Crippen molar-refractivity contribution in [3.8, 4) is 10.7 Å². The Bertz CT molecular complexity index is 648. The molecule has 1 aliphatic rings. The molecule has 1 amide bonds. The number of aromatic nitrogens is 3. The maximum Gasteiger partial charge on any atom is 0.234 e. The molecule has 0 saturated carbocycles. The summed E-state index contributed by atoms with van der Waals surface area (Å²) in [6, 6.07) is 0. The van der Waals surface area contributed by atoms with Gasteiger partial charge < -0.3 is 10.4 Å². The van der Waals surface area contributed by atoms with Gasteiger partial charge >= 0.3 is 0 Å². The summed E-state index contributed by atoms with van der Waals surface area (Å²) in [6.45, 7) is 2.14. The Morgan fingerprint density at radius 1 is 1.48 bits per heavy atom. The van der Waals surface area contributed by atoms with Crippen molar-refractivity contribution in [2.24, 2.45) is 0 Å². The third-order valence-corrected chi connectivity index (χ3v) is 4.56. The van der Waals surface area contributed by atoms with Crippen LogP contribution in [-0.4, -0.2) is 56.6 Å². The van der Waals surface area contributed by atoms with Gasteiger partial charge in [0.2, 0.25) is 5.91 Å². The molecule has 1 aliphatic heterocycles. The fourth-order valence-corrected chi connectivity index (χ4v) is 3.32. The van der Waals surface area contributed by atoms with Crippen LogP contribution in [0.4, 0.5) is 0 Å². The van der Waals surface area contributed by atoms with Crippen molar-refractivity contribution in [3.63, 3.8) is 0 Å². The number of aliphatic hydroxyl groups excluding tert-OH is 1. The molecule has 7 nitrogen and oxygen atoms in total. The SMILES string of the molecule is O=C(CN1CCCC(O)C1)NCc1csc(-c2cnccn2)n1. The second kappa shape index (κ2) is 7.58. The highest BCUT2D eigenvalue weighted by atomic mass is 32.1. The van der Waals surface area contributed by atoms with E-state index in [1.807, 2.05) is 10.3 Å². The van der Waals surface area contributed by atoms with Gasteiger partial charge in [-0.25, -0.2) is 4.98 Å². The van der Waals surface area contributed by atoms with Crippen molar-refractivity contribution in [2.45, 2.75) is 25.5 Å². The standard InChI is InChI=1S/C15H19N5O2S/c21-12-2-1-5-20(8-12)9-14(22)18-6-11-10-23-15(19-11)13-7-16-3-4-17-13/h3-4,7,10,12,21H,1-2,5-6,8-9H2,(H,18,22). The monoisotopic (exact) mass is 333 g/mol. The van der Waals surface area contributed by atoms with Crippen LogP contribution in [0.15, 0.2) is 24.0 Å². The van der Waals surface area contributed by atoms with Gasteiger partial charge in [0.25, 0.3) is 0 Å². The van der Waals surface area contributed by atoms with Gasteiger partial charge in [0.1, 0.15) is 10.7 Å². The zero-order valence-corrected chi connectivity index (χ0v) is 13.5. The number of thiazole rings is 1. The molecule has 1 fully saturated rings. The Balaban J connectivity index is 1.48. The van der Waals surface area contributed by atoms with E-state index in [1.165, 1.54) is 11.3 Å². The van der Waals surface area contributed by atoms with Crippen molar-refractivity contribution in [1.29, 1.82) is 0 Å². The highest BCUT2D eigenvalue weighted by molar-refractivity contribution is 7.13. The van der Waals surface area contributed by atoms with E-state index in [4.69, 9.17) is 0 Å². The van der Waals surface area contributed by atoms with E-state index in [2.05, 4.69) is 20.3 Å². The normalized spacial score (nSPS) is 18.7. The molecule has 8 heteroatoms. The van der Waals surface area contributed by atoms with Crippen LogP contribution < -0.4 is 5.32 Å². The predicted octanol–water partition coefficient (Wildman–Crippen LogP) is 0.673. The molecular weight excluding hydrogens is 314 g/mol. The molecule has 0 aliphatic carbocycles.